The van der Waals surface area contributed by atoms with Crippen LogP contribution in [0.4, 0.5) is 13.2 Å². The van der Waals surface area contributed by atoms with Gasteiger partial charge in [0.25, 0.3) is 0 Å². The van der Waals surface area contributed by atoms with Crippen LogP contribution in [-0.4, -0.2) is 35.5 Å². The lowest BCUT2D eigenvalue weighted by Gasteiger charge is -2.23. The zero-order valence-corrected chi connectivity index (χ0v) is 17.2. The highest BCUT2D eigenvalue weighted by Gasteiger charge is 2.37. The average Bonchev–Trinajstić information content (AvgIpc) is 2.69. The minimum absolute atomic E-state index is 0.0259. The van der Waals surface area contributed by atoms with Gasteiger partial charge in [0.15, 0.2) is 0 Å². The zero-order chi connectivity index (χ0) is 22.6. The number of nitrogens with zero attached hydrogens (tertiary/aromatic N) is 1. The van der Waals surface area contributed by atoms with Crippen LogP contribution >= 0.6 is 0 Å². The maximum atomic E-state index is 13.6. The minimum Gasteiger partial charge on any atom is -0.496 e. The van der Waals surface area contributed by atoms with E-state index < -0.39 is 23.6 Å². The van der Waals surface area contributed by atoms with Gasteiger partial charge >= 0.3 is 12.1 Å². The second kappa shape index (κ2) is 9.19. The molecule has 2 aromatic rings. The Hall–Kier alpha value is -3.03. The number of carbonyl (C=O) groups is 2. The van der Waals surface area contributed by atoms with E-state index in [1.807, 2.05) is 6.92 Å². The van der Waals surface area contributed by atoms with Gasteiger partial charge in [-0.3, -0.25) is 9.59 Å². The van der Waals surface area contributed by atoms with Crippen molar-refractivity contribution < 1.29 is 32.6 Å². The molecule has 0 aliphatic rings. The maximum absolute atomic E-state index is 13.6. The van der Waals surface area contributed by atoms with Crippen LogP contribution in [-0.2, 0) is 22.3 Å². The maximum Gasteiger partial charge on any atom is 0.416 e. The summed E-state index contributed by atoms with van der Waals surface area (Å²) in [4.78, 5) is 24.9. The molecule has 0 aliphatic carbocycles. The van der Waals surface area contributed by atoms with Crippen LogP contribution in [0.3, 0.4) is 0 Å². The summed E-state index contributed by atoms with van der Waals surface area (Å²) in [5.74, 6) is -2.89. The van der Waals surface area contributed by atoms with Gasteiger partial charge in [0, 0.05) is 25.6 Å². The fourth-order valence-corrected chi connectivity index (χ4v) is 3.29. The van der Waals surface area contributed by atoms with E-state index in [1.54, 1.807) is 29.2 Å². The van der Waals surface area contributed by atoms with Crippen LogP contribution in [0, 0.1) is 0 Å². The number of hydrogen-bond donors (Lipinski definition) is 1. The minimum atomic E-state index is -4.74. The Morgan fingerprint density at radius 1 is 1.17 bits per heavy atom. The number of hydrogen-bond acceptors (Lipinski definition) is 3. The van der Waals surface area contributed by atoms with Crippen LogP contribution in [0.1, 0.15) is 43.4 Å². The van der Waals surface area contributed by atoms with Crippen LogP contribution < -0.4 is 4.74 Å². The first-order valence-corrected chi connectivity index (χ1v) is 9.36. The van der Waals surface area contributed by atoms with Crippen molar-refractivity contribution in [2.24, 2.45) is 0 Å². The highest BCUT2D eigenvalue weighted by Crippen LogP contribution is 2.43. The third kappa shape index (κ3) is 4.93. The molecule has 0 spiro atoms. The number of rotatable bonds is 7. The summed E-state index contributed by atoms with van der Waals surface area (Å²) in [5.41, 5.74) is 0.223. The topological polar surface area (TPSA) is 66.8 Å². The number of carboxylic acid groups (broad SMARTS) is 1. The van der Waals surface area contributed by atoms with Gasteiger partial charge in [0.1, 0.15) is 5.75 Å². The average molecular weight is 423 g/mol. The van der Waals surface area contributed by atoms with E-state index in [0.717, 1.165) is 6.07 Å². The van der Waals surface area contributed by atoms with Gasteiger partial charge in [-0.1, -0.05) is 24.3 Å². The van der Waals surface area contributed by atoms with Crippen molar-refractivity contribution in [3.8, 4) is 16.9 Å². The van der Waals surface area contributed by atoms with Crippen molar-refractivity contribution in [3.63, 3.8) is 0 Å². The Morgan fingerprint density at radius 3 is 2.30 bits per heavy atom. The summed E-state index contributed by atoms with van der Waals surface area (Å²) in [5, 5.41) is 9.34. The molecule has 0 heterocycles. The highest BCUT2D eigenvalue weighted by molar-refractivity contribution is 5.81. The van der Waals surface area contributed by atoms with E-state index in [-0.39, 0.29) is 23.8 Å². The van der Waals surface area contributed by atoms with Gasteiger partial charge in [0.05, 0.1) is 18.6 Å². The van der Waals surface area contributed by atoms with E-state index in [0.29, 0.717) is 23.2 Å². The van der Waals surface area contributed by atoms with Gasteiger partial charge in [-0.25, -0.2) is 0 Å². The monoisotopic (exact) mass is 423 g/mol. The second-order valence-corrected chi connectivity index (χ2v) is 6.89. The van der Waals surface area contributed by atoms with Crippen LogP contribution in [0.2, 0.25) is 0 Å². The highest BCUT2D eigenvalue weighted by atomic mass is 19.4. The molecule has 2 rings (SSSR count). The van der Waals surface area contributed by atoms with Crippen molar-refractivity contribution >= 4 is 11.9 Å². The first-order chi connectivity index (χ1) is 14.0. The van der Waals surface area contributed by atoms with Gasteiger partial charge in [-0.2, -0.15) is 13.2 Å². The Kier molecular flexibility index (Phi) is 7.12. The molecule has 0 bridgehead atoms. The van der Waals surface area contributed by atoms with Gasteiger partial charge < -0.3 is 14.7 Å². The molecule has 0 radical (unpaired) electrons. The molecule has 1 N–H and O–H groups in total. The molecule has 1 atom stereocenters. The molecule has 0 aliphatic heterocycles. The summed E-state index contributed by atoms with van der Waals surface area (Å²) in [6.07, 6.45) is -4.74. The van der Waals surface area contributed by atoms with E-state index in [1.165, 1.54) is 27.0 Å². The summed E-state index contributed by atoms with van der Waals surface area (Å²) in [6.45, 7) is 5.21. The number of carbonyl (C=O) groups excluding carboxylic acids is 1. The number of benzene rings is 2. The molecule has 2 aromatic carbocycles. The van der Waals surface area contributed by atoms with Gasteiger partial charge in [0.2, 0.25) is 5.91 Å². The van der Waals surface area contributed by atoms with E-state index >= 15 is 0 Å². The standard InChI is InChI=1S/C22H24F3NO4/c1-5-26(14(3)27)12-15-8-6-7-9-16(15)18-10-17(13(2)21(28)29)19(22(23,24)25)11-20(18)30-4/h6-11,13H,5,12H2,1-4H3,(H,28,29). The zero-order valence-electron chi connectivity index (χ0n) is 17.2. The fraction of sp³-hybridized carbons (Fsp3) is 0.364. The van der Waals surface area contributed by atoms with Crippen molar-refractivity contribution in [1.82, 2.24) is 4.90 Å². The van der Waals surface area contributed by atoms with E-state index in [9.17, 15) is 27.9 Å². The van der Waals surface area contributed by atoms with Crippen molar-refractivity contribution in [3.05, 3.63) is 53.1 Å². The summed E-state index contributed by atoms with van der Waals surface area (Å²) >= 11 is 0. The third-order valence-corrected chi connectivity index (χ3v) is 5.01. The smallest absolute Gasteiger partial charge is 0.416 e. The van der Waals surface area contributed by atoms with Crippen LogP contribution in [0.5, 0.6) is 5.75 Å². The number of methoxy groups -OCH3 is 1. The van der Waals surface area contributed by atoms with Crippen LogP contribution in [0.15, 0.2) is 36.4 Å². The molecule has 5 nitrogen and oxygen atoms in total. The number of amides is 1. The lowest BCUT2D eigenvalue weighted by Crippen LogP contribution is -2.28. The summed E-state index contributed by atoms with van der Waals surface area (Å²) < 4.78 is 46.1. The van der Waals surface area contributed by atoms with Gasteiger partial charge in [-0.15, -0.1) is 0 Å². The number of halogens is 3. The summed E-state index contributed by atoms with van der Waals surface area (Å²) in [6, 6.07) is 9.04. The van der Waals surface area contributed by atoms with E-state index in [4.69, 9.17) is 4.74 Å². The molecule has 8 heteroatoms. The first-order valence-electron chi connectivity index (χ1n) is 9.36. The number of aliphatic carboxylic acids is 1. The Labute approximate surface area is 173 Å². The molecular formula is C22H24F3NO4. The third-order valence-electron chi connectivity index (χ3n) is 5.01. The molecule has 30 heavy (non-hydrogen) atoms. The molecule has 162 valence electrons. The quantitative estimate of drug-likeness (QED) is 0.685. The number of carboxylic acids is 1. The fourth-order valence-electron chi connectivity index (χ4n) is 3.29. The molecule has 0 aromatic heterocycles. The van der Waals surface area contributed by atoms with Crippen molar-refractivity contribution in [2.45, 2.75) is 39.4 Å². The van der Waals surface area contributed by atoms with Crippen molar-refractivity contribution in [2.75, 3.05) is 13.7 Å². The van der Waals surface area contributed by atoms with Crippen molar-refractivity contribution in [1.29, 1.82) is 0 Å². The summed E-state index contributed by atoms with van der Waals surface area (Å²) in [7, 11) is 1.26. The molecule has 1 amide bonds. The Morgan fingerprint density at radius 2 is 1.80 bits per heavy atom. The predicted molar refractivity (Wildman–Crippen MR) is 106 cm³/mol. The molecule has 0 saturated carbocycles. The second-order valence-electron chi connectivity index (χ2n) is 6.89. The number of ether oxygens (including phenoxy) is 1. The first kappa shape index (κ1) is 23.3. The normalized spacial score (nSPS) is 12.4. The molecule has 0 saturated heterocycles. The number of alkyl halides is 3. The largest absolute Gasteiger partial charge is 0.496 e. The predicted octanol–water partition coefficient (Wildman–Crippen LogP) is 4.94. The lowest BCUT2D eigenvalue weighted by atomic mass is 9.89. The SMILES string of the molecule is CCN(Cc1ccccc1-c1cc(C(C)C(=O)O)c(C(F)(F)F)cc1OC)C(C)=O. The lowest BCUT2D eigenvalue weighted by molar-refractivity contribution is -0.141. The molecule has 0 fully saturated rings. The van der Waals surface area contributed by atoms with Gasteiger partial charge in [-0.05, 0) is 42.7 Å². The Balaban J connectivity index is 2.75. The molecule has 1 unspecified atom stereocenters. The Bertz CT molecular complexity index is 940. The van der Waals surface area contributed by atoms with Crippen LogP contribution in [0.25, 0.3) is 11.1 Å². The van der Waals surface area contributed by atoms with E-state index in [2.05, 4.69) is 0 Å². The molecular weight excluding hydrogens is 399 g/mol.